The van der Waals surface area contributed by atoms with Gasteiger partial charge in [-0.1, -0.05) is 20.8 Å². The van der Waals surface area contributed by atoms with Gasteiger partial charge in [-0.3, -0.25) is 14.3 Å². The van der Waals surface area contributed by atoms with E-state index in [0.29, 0.717) is 0 Å². The number of hydrogen-bond acceptors (Lipinski definition) is 4. The first-order valence-corrected chi connectivity index (χ1v) is 8.87. The standard InChI is InChI=1S/C9H11.C8H16N2O4S.Y/c1-7-4-8(2)6-9(3)5-7;1-5-10(6-2)15(13,14)8(3,4)7(11)9-12;/h4-5H,1-3H3;12H,1-2,5-6H2,3-4H3,(H,9,11);/q-1;-2;+3. The van der Waals surface area contributed by atoms with Crippen LogP contribution in [0.4, 0.5) is 0 Å². The van der Waals surface area contributed by atoms with E-state index in [1.165, 1.54) is 36.0 Å². The van der Waals surface area contributed by atoms with Crippen LogP contribution in [0.3, 0.4) is 0 Å². The molecule has 0 heterocycles. The van der Waals surface area contributed by atoms with Crippen molar-refractivity contribution in [2.75, 3.05) is 13.1 Å². The van der Waals surface area contributed by atoms with Gasteiger partial charge in [0.1, 0.15) is 0 Å². The molecule has 0 saturated heterocycles. The Morgan fingerprint density at radius 2 is 1.60 bits per heavy atom. The van der Waals surface area contributed by atoms with Crippen LogP contribution >= 0.6 is 0 Å². The predicted octanol–water partition coefficient (Wildman–Crippen LogP) is 1.98. The van der Waals surface area contributed by atoms with Gasteiger partial charge in [0.2, 0.25) is 10.0 Å². The zero-order chi connectivity index (χ0) is 19.1. The van der Waals surface area contributed by atoms with Crippen LogP contribution in [0.1, 0.15) is 30.5 Å². The number of hydroxylamine groups is 1. The van der Waals surface area contributed by atoms with Crippen molar-refractivity contribution >= 4 is 15.9 Å². The van der Waals surface area contributed by atoms with Crippen LogP contribution in [0.5, 0.6) is 0 Å². The van der Waals surface area contributed by atoms with Gasteiger partial charge in [-0.25, -0.2) is 13.9 Å². The second-order valence-electron chi connectivity index (χ2n) is 5.88. The van der Waals surface area contributed by atoms with Crippen molar-refractivity contribution < 1.29 is 51.1 Å². The van der Waals surface area contributed by atoms with E-state index in [0.717, 1.165) is 4.31 Å². The zero-order valence-corrected chi connectivity index (χ0v) is 19.2. The van der Waals surface area contributed by atoms with Gasteiger partial charge in [0.15, 0.2) is 4.75 Å². The molecule has 0 radical (unpaired) electrons. The smallest absolute Gasteiger partial charge is 0.329 e. The maximum Gasteiger partial charge on any atom is 3.00 e. The molecule has 1 rings (SSSR count). The third-order valence-corrected chi connectivity index (χ3v) is 5.93. The quantitative estimate of drug-likeness (QED) is 0.413. The number of carbonyl (C=O) groups excluding carboxylic acids is 1. The molecule has 0 fully saturated rings. The molecule has 25 heavy (non-hydrogen) atoms. The molecule has 1 aromatic carbocycles. The third-order valence-electron chi connectivity index (χ3n) is 3.41. The largest absolute Gasteiger partial charge is 3.00 e. The number of rotatable bonds is 5. The molecule has 0 aliphatic rings. The average molecular weight is 444 g/mol. The van der Waals surface area contributed by atoms with E-state index in [9.17, 15) is 13.2 Å². The van der Waals surface area contributed by atoms with Crippen molar-refractivity contribution in [2.24, 2.45) is 0 Å². The Labute approximate surface area is 177 Å². The van der Waals surface area contributed by atoms with E-state index >= 15 is 0 Å². The van der Waals surface area contributed by atoms with Crippen molar-refractivity contribution in [3.05, 3.63) is 48.7 Å². The van der Waals surface area contributed by atoms with E-state index < -0.39 is 20.7 Å². The Bertz CT molecular complexity index is 606. The Morgan fingerprint density at radius 1 is 1.20 bits per heavy atom. The molecule has 0 bridgehead atoms. The molecule has 0 atom stereocenters. The molecule has 0 unspecified atom stereocenters. The number of benzene rings is 1. The van der Waals surface area contributed by atoms with E-state index in [2.05, 4.69) is 52.8 Å². The number of nitrogens with one attached hydrogen (secondary N) is 1. The summed E-state index contributed by atoms with van der Waals surface area (Å²) in [6.07, 6.45) is 0. The Morgan fingerprint density at radius 3 is 1.88 bits per heavy atom. The fraction of sp³-hybridized carbons (Fsp3) is 0.471. The monoisotopic (exact) mass is 444 g/mol. The maximum absolute atomic E-state index is 11.9. The first-order chi connectivity index (χ1) is 10.9. The molecule has 0 aromatic heterocycles. The number of aryl methyl sites for hydroxylation is 3. The average Bonchev–Trinajstić information content (AvgIpc) is 2.46. The second-order valence-corrected chi connectivity index (χ2v) is 8.37. The zero-order valence-electron chi connectivity index (χ0n) is 15.6. The normalized spacial score (nSPS) is 11.2. The molecule has 6 nitrogen and oxygen atoms in total. The predicted molar refractivity (Wildman–Crippen MR) is 94.7 cm³/mol. The fourth-order valence-corrected chi connectivity index (χ4v) is 3.44. The number of sulfonamides is 1. The van der Waals surface area contributed by atoms with Gasteiger partial charge in [0, 0.05) is 0 Å². The number of nitrogens with zero attached hydrogens (tertiary/aromatic N) is 1. The Kier molecular flexibility index (Phi) is 12.3. The van der Waals surface area contributed by atoms with Crippen molar-refractivity contribution in [3.63, 3.8) is 0 Å². The van der Waals surface area contributed by atoms with E-state index in [-0.39, 0.29) is 45.8 Å². The van der Waals surface area contributed by atoms with E-state index in [4.69, 9.17) is 5.21 Å². The molecular weight excluding hydrogens is 417 g/mol. The summed E-state index contributed by atoms with van der Waals surface area (Å²) >= 11 is 0. The van der Waals surface area contributed by atoms with Gasteiger partial charge in [-0.15, -0.1) is 13.1 Å². The molecule has 1 aromatic rings. The van der Waals surface area contributed by atoms with Crippen LogP contribution in [0.15, 0.2) is 12.1 Å². The van der Waals surface area contributed by atoms with Gasteiger partial charge in [-0.05, 0) is 13.8 Å². The summed E-state index contributed by atoms with van der Waals surface area (Å²) < 4.78 is 23.0. The Hall–Kier alpha value is -0.336. The molecule has 2 N–H and O–H groups in total. The summed E-state index contributed by atoms with van der Waals surface area (Å²) in [5.41, 5.74) is 5.11. The second kappa shape index (κ2) is 11.4. The van der Waals surface area contributed by atoms with E-state index in [1.807, 2.05) is 0 Å². The molecule has 0 spiro atoms. The topological polar surface area (TPSA) is 86.7 Å². The van der Waals surface area contributed by atoms with Gasteiger partial charge in [-0.2, -0.15) is 34.9 Å². The minimum atomic E-state index is -3.88. The van der Waals surface area contributed by atoms with Crippen molar-refractivity contribution in [1.82, 2.24) is 9.79 Å². The van der Waals surface area contributed by atoms with Crippen molar-refractivity contribution in [2.45, 2.75) is 39.4 Å². The summed E-state index contributed by atoms with van der Waals surface area (Å²) in [4.78, 5) is 11.2. The SMILES string of the molecule is Cc1[c-]c(C)cc(C)c1.[CH2-]CN(C[CH2-])S(=O)(=O)C(C)(C)C(=O)NO.[Y+3]. The molecule has 8 heteroatoms. The minimum Gasteiger partial charge on any atom is -0.329 e. The summed E-state index contributed by atoms with van der Waals surface area (Å²) in [6.45, 7) is 15.5. The van der Waals surface area contributed by atoms with Crippen molar-refractivity contribution in [3.8, 4) is 0 Å². The molecule has 0 aliphatic carbocycles. The first-order valence-electron chi connectivity index (χ1n) is 7.43. The summed E-state index contributed by atoms with van der Waals surface area (Å²) in [7, 11) is -3.88. The van der Waals surface area contributed by atoms with Gasteiger partial charge < -0.3 is 13.8 Å². The summed E-state index contributed by atoms with van der Waals surface area (Å²) in [5.74, 6) is -0.991. The third kappa shape index (κ3) is 7.43. The minimum absolute atomic E-state index is 0. The van der Waals surface area contributed by atoms with Crippen LogP contribution in [-0.4, -0.2) is 41.7 Å². The van der Waals surface area contributed by atoms with Crippen LogP contribution in [-0.2, 0) is 47.5 Å². The van der Waals surface area contributed by atoms with Crippen molar-refractivity contribution in [1.29, 1.82) is 0 Å². The molecule has 0 aliphatic heterocycles. The van der Waals surface area contributed by atoms with Gasteiger partial charge >= 0.3 is 32.7 Å². The number of hydrogen-bond donors (Lipinski definition) is 2. The number of amides is 1. The van der Waals surface area contributed by atoms with Crippen LogP contribution < -0.4 is 5.48 Å². The summed E-state index contributed by atoms with van der Waals surface area (Å²) in [5, 5.41) is 8.45. The molecular formula is C17H27N2O4SY. The van der Waals surface area contributed by atoms with Crippen LogP contribution in [0.2, 0.25) is 0 Å². The molecule has 138 valence electrons. The number of carbonyl (C=O) groups is 1. The molecule has 0 saturated carbocycles. The van der Waals surface area contributed by atoms with Gasteiger partial charge in [0.25, 0.3) is 5.91 Å². The van der Waals surface area contributed by atoms with Crippen LogP contribution in [0, 0.1) is 40.7 Å². The fourth-order valence-electron chi connectivity index (χ4n) is 2.03. The van der Waals surface area contributed by atoms with Gasteiger partial charge in [0.05, 0.1) is 0 Å². The Balaban J connectivity index is 0. The maximum atomic E-state index is 11.9. The molecule has 1 amide bonds. The first kappa shape index (κ1) is 26.9. The van der Waals surface area contributed by atoms with E-state index in [1.54, 1.807) is 0 Å². The van der Waals surface area contributed by atoms with Crippen LogP contribution in [0.25, 0.3) is 0 Å². The summed E-state index contributed by atoms with van der Waals surface area (Å²) in [6, 6.07) is 7.47.